The van der Waals surface area contributed by atoms with Gasteiger partial charge in [0.15, 0.2) is 0 Å². The molecule has 0 saturated carbocycles. The molecule has 1 atom stereocenters. The molecule has 0 spiro atoms. The summed E-state index contributed by atoms with van der Waals surface area (Å²) in [6.45, 7) is 0. The fraction of sp³-hybridized carbons (Fsp3) is 0.222. The standard InChI is InChI=1S/C9H9ClO2S/c10-7-3-1-6(2-4-7)5-8(11)9(12)13/h1-4,8,11H,5H2,(H,12,13). The Labute approximate surface area is 86.9 Å². The Bertz CT molecular complexity index is 297. The predicted molar refractivity (Wildman–Crippen MR) is 55.2 cm³/mol. The van der Waals surface area contributed by atoms with E-state index < -0.39 is 11.2 Å². The maximum absolute atomic E-state index is 10.6. The lowest BCUT2D eigenvalue weighted by Gasteiger charge is -2.05. The Kier molecular flexibility index (Phi) is 3.78. The number of halogens is 1. The van der Waals surface area contributed by atoms with Crippen molar-refractivity contribution in [2.45, 2.75) is 12.5 Å². The van der Waals surface area contributed by atoms with Gasteiger partial charge in [-0.25, -0.2) is 0 Å². The summed E-state index contributed by atoms with van der Waals surface area (Å²) in [6, 6.07) is 6.96. The molecule has 1 aromatic rings. The Hall–Kier alpha value is -0.510. The lowest BCUT2D eigenvalue weighted by atomic mass is 10.1. The second-order valence-corrected chi connectivity index (χ2v) is 3.56. The monoisotopic (exact) mass is 216 g/mol. The van der Waals surface area contributed by atoms with Gasteiger partial charge in [-0.3, -0.25) is 4.79 Å². The van der Waals surface area contributed by atoms with Crippen LogP contribution in [0.1, 0.15) is 5.56 Å². The van der Waals surface area contributed by atoms with Crippen LogP contribution in [0.3, 0.4) is 0 Å². The van der Waals surface area contributed by atoms with E-state index in [0.29, 0.717) is 5.02 Å². The van der Waals surface area contributed by atoms with Crippen LogP contribution >= 0.6 is 24.2 Å². The zero-order valence-electron chi connectivity index (χ0n) is 6.77. The van der Waals surface area contributed by atoms with E-state index in [2.05, 4.69) is 12.6 Å². The second kappa shape index (κ2) is 4.65. The molecule has 0 saturated heterocycles. The van der Waals surface area contributed by atoms with Gasteiger partial charge in [-0.1, -0.05) is 23.7 Å². The van der Waals surface area contributed by atoms with Crippen LogP contribution in [0.4, 0.5) is 0 Å². The van der Waals surface area contributed by atoms with Gasteiger partial charge < -0.3 is 5.11 Å². The molecule has 1 aromatic carbocycles. The molecule has 1 rings (SSSR count). The summed E-state index contributed by atoms with van der Waals surface area (Å²) in [6.07, 6.45) is -0.760. The average molecular weight is 217 g/mol. The first-order valence-electron chi connectivity index (χ1n) is 3.75. The maximum atomic E-state index is 10.6. The average Bonchev–Trinajstić information content (AvgIpc) is 2.08. The number of hydrogen-bond donors (Lipinski definition) is 2. The fourth-order valence-electron chi connectivity index (χ4n) is 0.931. The van der Waals surface area contributed by atoms with Crippen molar-refractivity contribution in [3.8, 4) is 0 Å². The third kappa shape index (κ3) is 3.38. The number of aliphatic hydroxyl groups is 1. The van der Waals surface area contributed by atoms with Crippen LogP contribution < -0.4 is 0 Å². The molecule has 0 heterocycles. The molecule has 0 bridgehead atoms. The Morgan fingerprint density at radius 1 is 1.46 bits per heavy atom. The van der Waals surface area contributed by atoms with E-state index in [-0.39, 0.29) is 6.42 Å². The number of carbonyl (C=O) groups is 1. The van der Waals surface area contributed by atoms with Crippen LogP contribution in [-0.2, 0) is 11.2 Å². The molecule has 2 nitrogen and oxygen atoms in total. The summed E-state index contributed by atoms with van der Waals surface area (Å²) in [5.74, 6) is 0. The van der Waals surface area contributed by atoms with Crippen LogP contribution in [0.15, 0.2) is 24.3 Å². The quantitative estimate of drug-likeness (QED) is 0.755. The first-order valence-corrected chi connectivity index (χ1v) is 4.57. The van der Waals surface area contributed by atoms with Crippen LogP contribution in [-0.4, -0.2) is 16.3 Å². The van der Waals surface area contributed by atoms with Gasteiger partial charge >= 0.3 is 0 Å². The van der Waals surface area contributed by atoms with Crippen molar-refractivity contribution in [1.82, 2.24) is 0 Å². The number of aliphatic hydroxyl groups excluding tert-OH is 1. The van der Waals surface area contributed by atoms with Crippen LogP contribution in [0, 0.1) is 0 Å². The molecule has 1 N–H and O–H groups in total. The van der Waals surface area contributed by atoms with Crippen LogP contribution in [0.25, 0.3) is 0 Å². The van der Waals surface area contributed by atoms with Gasteiger partial charge in [-0.05, 0) is 17.7 Å². The van der Waals surface area contributed by atoms with Crippen molar-refractivity contribution >= 4 is 29.3 Å². The van der Waals surface area contributed by atoms with Crippen molar-refractivity contribution in [3.63, 3.8) is 0 Å². The highest BCUT2D eigenvalue weighted by atomic mass is 35.5. The lowest BCUT2D eigenvalue weighted by molar-refractivity contribution is -0.118. The van der Waals surface area contributed by atoms with E-state index in [1.165, 1.54) is 0 Å². The van der Waals surface area contributed by atoms with Gasteiger partial charge in [-0.15, -0.1) is 12.6 Å². The maximum Gasteiger partial charge on any atom is 0.214 e. The molecule has 0 amide bonds. The van der Waals surface area contributed by atoms with Crippen molar-refractivity contribution in [1.29, 1.82) is 0 Å². The lowest BCUT2D eigenvalue weighted by Crippen LogP contribution is -2.17. The summed E-state index contributed by atoms with van der Waals surface area (Å²) in [4.78, 5) is 10.6. The van der Waals surface area contributed by atoms with E-state index in [4.69, 9.17) is 11.6 Å². The second-order valence-electron chi connectivity index (χ2n) is 2.68. The van der Waals surface area contributed by atoms with Gasteiger partial charge in [0.25, 0.3) is 0 Å². The third-order valence-corrected chi connectivity index (χ3v) is 2.18. The first kappa shape index (κ1) is 10.6. The van der Waals surface area contributed by atoms with Gasteiger partial charge in [0, 0.05) is 11.4 Å². The largest absolute Gasteiger partial charge is 0.384 e. The highest BCUT2D eigenvalue weighted by molar-refractivity contribution is 7.96. The zero-order valence-corrected chi connectivity index (χ0v) is 8.42. The number of thiol groups is 1. The number of hydrogen-bond acceptors (Lipinski definition) is 2. The molecule has 13 heavy (non-hydrogen) atoms. The molecular weight excluding hydrogens is 208 g/mol. The third-order valence-electron chi connectivity index (χ3n) is 1.63. The SMILES string of the molecule is O=C(S)C(O)Cc1ccc(Cl)cc1. The van der Waals surface area contributed by atoms with Gasteiger partial charge in [-0.2, -0.15) is 0 Å². The Morgan fingerprint density at radius 3 is 2.46 bits per heavy atom. The Balaban J connectivity index is 2.64. The number of rotatable bonds is 3. The molecule has 0 aliphatic carbocycles. The highest BCUT2D eigenvalue weighted by Crippen LogP contribution is 2.11. The molecule has 4 heteroatoms. The van der Waals surface area contributed by atoms with E-state index in [9.17, 15) is 9.90 Å². The highest BCUT2D eigenvalue weighted by Gasteiger charge is 2.10. The predicted octanol–water partition coefficient (Wildman–Crippen LogP) is 1.70. The normalized spacial score (nSPS) is 12.5. The summed E-state index contributed by atoms with van der Waals surface area (Å²) < 4.78 is 0. The number of benzene rings is 1. The summed E-state index contributed by atoms with van der Waals surface area (Å²) in [5, 5.41) is 9.31. The van der Waals surface area contributed by atoms with E-state index >= 15 is 0 Å². The molecule has 70 valence electrons. The molecule has 1 unspecified atom stereocenters. The molecule has 0 fully saturated rings. The van der Waals surface area contributed by atoms with Crippen molar-refractivity contribution in [3.05, 3.63) is 34.9 Å². The molecule has 0 aliphatic heterocycles. The summed E-state index contributed by atoms with van der Waals surface area (Å²) in [7, 11) is 0. The number of carbonyl (C=O) groups excluding carboxylic acids is 1. The van der Waals surface area contributed by atoms with Crippen LogP contribution in [0.2, 0.25) is 5.02 Å². The van der Waals surface area contributed by atoms with Crippen LogP contribution in [0.5, 0.6) is 0 Å². The fourth-order valence-corrected chi connectivity index (χ4v) is 1.15. The molecular formula is C9H9ClO2S. The zero-order chi connectivity index (χ0) is 9.84. The summed E-state index contributed by atoms with van der Waals surface area (Å²) in [5.41, 5.74) is 0.860. The minimum atomic E-state index is -1.04. The van der Waals surface area contributed by atoms with Gasteiger partial charge in [0.05, 0.1) is 0 Å². The van der Waals surface area contributed by atoms with E-state index in [0.717, 1.165) is 5.56 Å². The first-order chi connectivity index (χ1) is 6.09. The van der Waals surface area contributed by atoms with Crippen molar-refractivity contribution in [2.75, 3.05) is 0 Å². The van der Waals surface area contributed by atoms with Gasteiger partial charge in [0.2, 0.25) is 5.12 Å². The topological polar surface area (TPSA) is 37.3 Å². The van der Waals surface area contributed by atoms with Crippen molar-refractivity contribution in [2.24, 2.45) is 0 Å². The molecule has 0 aromatic heterocycles. The van der Waals surface area contributed by atoms with Crippen molar-refractivity contribution < 1.29 is 9.90 Å². The Morgan fingerprint density at radius 2 is 2.00 bits per heavy atom. The summed E-state index contributed by atoms with van der Waals surface area (Å²) >= 11 is 9.19. The molecule has 0 aliphatic rings. The smallest absolute Gasteiger partial charge is 0.214 e. The van der Waals surface area contributed by atoms with E-state index in [1.54, 1.807) is 24.3 Å². The minimum absolute atomic E-state index is 0.277. The minimum Gasteiger partial charge on any atom is -0.384 e. The van der Waals surface area contributed by atoms with E-state index in [1.807, 2.05) is 0 Å². The molecule has 0 radical (unpaired) electrons. The van der Waals surface area contributed by atoms with Gasteiger partial charge in [0.1, 0.15) is 6.10 Å².